The summed E-state index contributed by atoms with van der Waals surface area (Å²) in [6, 6.07) is 12.2. The fourth-order valence-electron chi connectivity index (χ4n) is 4.53. The summed E-state index contributed by atoms with van der Waals surface area (Å²) in [4.78, 5) is 22.5. The molecule has 1 aromatic heterocycles. The molecule has 8 nitrogen and oxygen atoms in total. The molecule has 1 aromatic carbocycles. The fraction of sp³-hybridized carbons (Fsp3) is 0.429. The molecule has 1 aliphatic heterocycles. The van der Waals surface area contributed by atoms with E-state index in [1.165, 1.54) is 18.9 Å². The fourth-order valence-corrected chi connectivity index (χ4v) is 4.53. The van der Waals surface area contributed by atoms with Crippen LogP contribution in [0.3, 0.4) is 0 Å². The van der Waals surface area contributed by atoms with Crippen LogP contribution in [-0.4, -0.2) is 42.2 Å². The minimum absolute atomic E-state index is 0.0132. The Morgan fingerprint density at radius 3 is 2.59 bits per heavy atom. The van der Waals surface area contributed by atoms with Crippen molar-refractivity contribution >= 4 is 11.7 Å². The highest BCUT2D eigenvalue weighted by Gasteiger charge is 2.49. The maximum atomic E-state index is 12.8. The molecule has 2 aliphatic rings. The van der Waals surface area contributed by atoms with Gasteiger partial charge in [0.25, 0.3) is 0 Å². The van der Waals surface area contributed by atoms with E-state index in [-0.39, 0.29) is 28.8 Å². The van der Waals surface area contributed by atoms with E-state index < -0.39 is 0 Å². The number of carbonyl (C=O) groups is 1. The van der Waals surface area contributed by atoms with Crippen molar-refractivity contribution in [3.63, 3.8) is 0 Å². The molecule has 29 heavy (non-hydrogen) atoms. The second-order valence-corrected chi connectivity index (χ2v) is 7.69. The normalized spacial score (nSPS) is 26.2. The predicted molar refractivity (Wildman–Crippen MR) is 108 cm³/mol. The largest absolute Gasteiger partial charge is 0.479 e. The Hall–Kier alpha value is -3.18. The van der Waals surface area contributed by atoms with Gasteiger partial charge in [0.15, 0.2) is 0 Å². The van der Waals surface area contributed by atoms with Crippen LogP contribution in [0.25, 0.3) is 0 Å². The molecule has 2 heterocycles. The van der Waals surface area contributed by atoms with Gasteiger partial charge in [0.05, 0.1) is 25.4 Å². The Balaban J connectivity index is 1.55. The molecular formula is C21H24N6O2. The lowest BCUT2D eigenvalue weighted by atomic mass is 9.69. The Bertz CT molecular complexity index is 947. The number of ether oxygens (including phenoxy) is 1. The van der Waals surface area contributed by atoms with Gasteiger partial charge >= 0.3 is 6.03 Å². The third-order valence-electron chi connectivity index (χ3n) is 6.26. The zero-order valence-electron chi connectivity index (χ0n) is 16.6. The van der Waals surface area contributed by atoms with Crippen molar-refractivity contribution in [3.8, 4) is 11.9 Å². The van der Waals surface area contributed by atoms with Crippen molar-refractivity contribution in [2.24, 2.45) is 0 Å². The molecule has 150 valence electrons. The van der Waals surface area contributed by atoms with Crippen molar-refractivity contribution in [1.29, 1.82) is 5.26 Å². The number of aromatic nitrogens is 2. The van der Waals surface area contributed by atoms with E-state index >= 15 is 0 Å². The van der Waals surface area contributed by atoms with Gasteiger partial charge in [-0.15, -0.1) is 0 Å². The summed E-state index contributed by atoms with van der Waals surface area (Å²) in [5, 5.41) is 15.7. The average Bonchev–Trinajstić information content (AvgIpc) is 3.10. The number of benzene rings is 1. The minimum Gasteiger partial charge on any atom is -0.479 e. The van der Waals surface area contributed by atoms with E-state index in [0.717, 1.165) is 25.7 Å². The molecule has 0 radical (unpaired) electrons. The zero-order chi connectivity index (χ0) is 20.5. The first-order chi connectivity index (χ1) is 14.0. The van der Waals surface area contributed by atoms with Gasteiger partial charge in [-0.3, -0.25) is 4.90 Å². The zero-order valence-corrected chi connectivity index (χ0v) is 16.6. The van der Waals surface area contributed by atoms with Gasteiger partial charge in [-0.2, -0.15) is 10.2 Å². The van der Waals surface area contributed by atoms with Crippen LogP contribution in [0, 0.1) is 11.3 Å². The summed E-state index contributed by atoms with van der Waals surface area (Å²) in [6.45, 7) is 0.520. The number of hydrogen-bond donors (Lipinski definition) is 2. The summed E-state index contributed by atoms with van der Waals surface area (Å²) in [6.07, 6.45) is 5.02. The lowest BCUT2D eigenvalue weighted by Gasteiger charge is -2.45. The number of anilines is 1. The molecule has 4 rings (SSSR count). The summed E-state index contributed by atoms with van der Waals surface area (Å²) in [7, 11) is 3.47. The third-order valence-corrected chi connectivity index (χ3v) is 6.26. The van der Waals surface area contributed by atoms with E-state index in [1.54, 1.807) is 4.90 Å². The average molecular weight is 392 g/mol. The molecule has 2 fully saturated rings. The van der Waals surface area contributed by atoms with Crippen molar-refractivity contribution in [2.45, 2.75) is 36.8 Å². The smallest absolute Gasteiger partial charge is 0.322 e. The third kappa shape index (κ3) is 3.28. The molecule has 2 amide bonds. The number of hydrogen-bond acceptors (Lipinski definition) is 6. The summed E-state index contributed by atoms with van der Waals surface area (Å²) < 4.78 is 5.30. The molecule has 0 bridgehead atoms. The van der Waals surface area contributed by atoms with E-state index in [9.17, 15) is 4.79 Å². The highest BCUT2D eigenvalue weighted by molar-refractivity contribution is 5.96. The van der Waals surface area contributed by atoms with E-state index in [0.29, 0.717) is 12.2 Å². The molecule has 1 saturated carbocycles. The Kier molecular flexibility index (Phi) is 4.84. The molecular weight excluding hydrogens is 368 g/mol. The maximum absolute atomic E-state index is 12.8. The van der Waals surface area contributed by atoms with Crippen LogP contribution in [0.2, 0.25) is 0 Å². The number of rotatable bonds is 4. The van der Waals surface area contributed by atoms with Gasteiger partial charge < -0.3 is 15.4 Å². The predicted octanol–water partition coefficient (Wildman–Crippen LogP) is 2.31. The first-order valence-corrected chi connectivity index (χ1v) is 9.70. The lowest BCUT2D eigenvalue weighted by Crippen LogP contribution is -2.53. The molecule has 2 N–H and O–H groups in total. The second kappa shape index (κ2) is 7.33. The molecule has 1 saturated heterocycles. The molecule has 2 aromatic rings. The van der Waals surface area contributed by atoms with Gasteiger partial charge in [0.1, 0.15) is 11.8 Å². The Morgan fingerprint density at radius 1 is 1.24 bits per heavy atom. The van der Waals surface area contributed by atoms with Gasteiger partial charge in [-0.25, -0.2) is 9.78 Å². The quantitative estimate of drug-likeness (QED) is 0.828. The van der Waals surface area contributed by atoms with Gasteiger partial charge in [-0.1, -0.05) is 30.3 Å². The standard InChI is InChI=1S/C21H24N6O2/c1-23-21(15-6-4-3-5-7-15)10-8-20(9-11-21)14-27(19(28)26-20)16-13-24-17(12-22)25-18(16)29-2/h3-7,13,23H,8-11,14H2,1-2H3,(H,26,28). The highest BCUT2D eigenvalue weighted by Crippen LogP contribution is 2.44. The molecule has 1 aliphatic carbocycles. The number of methoxy groups -OCH3 is 1. The number of nitriles is 1. The number of nitrogens with zero attached hydrogens (tertiary/aromatic N) is 4. The molecule has 0 unspecified atom stereocenters. The molecule has 0 atom stereocenters. The minimum atomic E-state index is -0.300. The van der Waals surface area contributed by atoms with Gasteiger partial charge in [-0.05, 0) is 38.3 Å². The van der Waals surface area contributed by atoms with Crippen molar-refractivity contribution in [2.75, 3.05) is 25.6 Å². The Labute approximate surface area is 169 Å². The first-order valence-electron chi connectivity index (χ1n) is 9.70. The van der Waals surface area contributed by atoms with E-state index in [1.807, 2.05) is 19.2 Å². The topological polar surface area (TPSA) is 103 Å². The van der Waals surface area contributed by atoms with Crippen molar-refractivity contribution < 1.29 is 9.53 Å². The maximum Gasteiger partial charge on any atom is 0.322 e. The van der Waals surface area contributed by atoms with Gasteiger partial charge in [0, 0.05) is 5.54 Å². The first kappa shape index (κ1) is 19.2. The summed E-state index contributed by atoms with van der Waals surface area (Å²) >= 11 is 0. The van der Waals surface area contributed by atoms with Crippen molar-refractivity contribution in [3.05, 3.63) is 47.9 Å². The SMILES string of the molecule is CNC1(c2ccccc2)CCC2(CC1)CN(c1cnc(C#N)nc1OC)C(=O)N2. The van der Waals surface area contributed by atoms with Crippen LogP contribution in [0.5, 0.6) is 5.88 Å². The summed E-state index contributed by atoms with van der Waals surface area (Å²) in [5.41, 5.74) is 1.38. The van der Waals surface area contributed by atoms with Crippen LogP contribution in [0.1, 0.15) is 37.1 Å². The molecule has 8 heteroatoms. The van der Waals surface area contributed by atoms with Crippen LogP contribution in [0.15, 0.2) is 36.5 Å². The Morgan fingerprint density at radius 2 is 1.97 bits per heavy atom. The van der Waals surface area contributed by atoms with Crippen LogP contribution in [0.4, 0.5) is 10.5 Å². The number of urea groups is 1. The van der Waals surface area contributed by atoms with Crippen LogP contribution < -0.4 is 20.3 Å². The number of nitrogens with one attached hydrogen (secondary N) is 2. The van der Waals surface area contributed by atoms with E-state index in [2.05, 4.69) is 44.9 Å². The van der Waals surface area contributed by atoms with Crippen LogP contribution in [-0.2, 0) is 5.54 Å². The monoisotopic (exact) mass is 392 g/mol. The van der Waals surface area contributed by atoms with E-state index in [4.69, 9.17) is 10.00 Å². The summed E-state index contributed by atoms with van der Waals surface area (Å²) in [5.74, 6) is 0.243. The second-order valence-electron chi connectivity index (χ2n) is 7.69. The lowest BCUT2D eigenvalue weighted by molar-refractivity contribution is 0.167. The van der Waals surface area contributed by atoms with Crippen molar-refractivity contribution in [1.82, 2.24) is 20.6 Å². The highest BCUT2D eigenvalue weighted by atomic mass is 16.5. The molecule has 1 spiro atoms. The van der Waals surface area contributed by atoms with Crippen LogP contribution >= 0.6 is 0 Å². The number of carbonyl (C=O) groups excluding carboxylic acids is 1. The number of amides is 2. The van der Waals surface area contributed by atoms with Gasteiger partial charge in [0.2, 0.25) is 11.7 Å².